The van der Waals surface area contributed by atoms with Gasteiger partial charge in [-0.05, 0) is 35.4 Å². The molecule has 2 heterocycles. The number of carbonyl (C=O) groups excluding carboxylic acids is 1. The molecule has 4 aromatic rings. The van der Waals surface area contributed by atoms with Gasteiger partial charge in [0.1, 0.15) is 4.21 Å². The number of esters is 1. The zero-order valence-corrected chi connectivity index (χ0v) is 22.1. The molecule has 1 N–H and O–H groups in total. The van der Waals surface area contributed by atoms with Crippen LogP contribution in [0.15, 0.2) is 71.1 Å². The first kappa shape index (κ1) is 26.3. The monoisotopic (exact) mass is 542 g/mol. The summed E-state index contributed by atoms with van der Waals surface area (Å²) < 4.78 is 45.4. The molecular weight excluding hydrogens is 516 g/mol. The normalized spacial score (nSPS) is 12.2. The van der Waals surface area contributed by atoms with Crippen molar-refractivity contribution in [2.24, 2.45) is 0 Å². The highest BCUT2D eigenvalue weighted by atomic mass is 32.2. The van der Waals surface area contributed by atoms with Crippen molar-refractivity contribution in [1.82, 2.24) is 19.7 Å². The van der Waals surface area contributed by atoms with Crippen molar-refractivity contribution in [3.63, 3.8) is 0 Å². The van der Waals surface area contributed by atoms with Crippen molar-refractivity contribution in [1.29, 1.82) is 0 Å². The van der Waals surface area contributed by atoms with Crippen molar-refractivity contribution in [2.45, 2.75) is 23.2 Å². The number of aromatic nitrogens is 3. The number of ether oxygens (including phenoxy) is 3. The smallest absolute Gasteiger partial charge is 0.331 e. The van der Waals surface area contributed by atoms with Gasteiger partial charge in [-0.25, -0.2) is 22.6 Å². The highest BCUT2D eigenvalue weighted by Gasteiger charge is 2.25. The third-order valence-corrected chi connectivity index (χ3v) is 8.60. The summed E-state index contributed by atoms with van der Waals surface area (Å²) in [4.78, 5) is 13.4. The van der Waals surface area contributed by atoms with Gasteiger partial charge in [0.2, 0.25) is 10.0 Å². The average Bonchev–Trinajstić information content (AvgIpc) is 3.61. The van der Waals surface area contributed by atoms with E-state index in [1.807, 2.05) is 36.4 Å². The van der Waals surface area contributed by atoms with Crippen LogP contribution < -0.4 is 14.2 Å². The molecule has 2 aromatic heterocycles. The minimum atomic E-state index is -3.77. The minimum Gasteiger partial charge on any atom is -0.493 e. The minimum absolute atomic E-state index is 0.0921. The first-order chi connectivity index (χ1) is 17.8. The lowest BCUT2D eigenvalue weighted by molar-refractivity contribution is -0.144. The van der Waals surface area contributed by atoms with Crippen LogP contribution in [0.5, 0.6) is 11.5 Å². The van der Waals surface area contributed by atoms with Gasteiger partial charge in [0.15, 0.2) is 17.5 Å². The van der Waals surface area contributed by atoms with Gasteiger partial charge < -0.3 is 14.2 Å². The molecule has 37 heavy (non-hydrogen) atoms. The molecule has 0 spiro atoms. The first-order valence-electron chi connectivity index (χ1n) is 11.2. The van der Waals surface area contributed by atoms with E-state index in [1.54, 1.807) is 31.4 Å². The first-order valence-corrected chi connectivity index (χ1v) is 13.5. The van der Waals surface area contributed by atoms with Crippen LogP contribution in [-0.4, -0.2) is 50.7 Å². The zero-order valence-electron chi connectivity index (χ0n) is 20.5. The lowest BCUT2D eigenvalue weighted by Gasteiger charge is -2.16. The Hall–Kier alpha value is -3.74. The molecule has 0 saturated heterocycles. The Morgan fingerprint density at radius 1 is 1.03 bits per heavy atom. The Morgan fingerprint density at radius 2 is 1.78 bits per heavy atom. The number of rotatable bonds is 11. The SMILES string of the molecule is COC(=O)[C@H](Cc1ccc(OC)c(OC)c1)n1cc(CNS(=O)(=O)c2ccc(-c3ccccc3)s2)nn1. The Balaban J connectivity index is 1.47. The molecule has 0 fully saturated rings. The fourth-order valence-electron chi connectivity index (χ4n) is 3.66. The topological polar surface area (TPSA) is 122 Å². The van der Waals surface area contributed by atoms with Crippen molar-refractivity contribution in [3.8, 4) is 21.9 Å². The maximum Gasteiger partial charge on any atom is 0.331 e. The second-order valence-corrected chi connectivity index (χ2v) is 11.0. The number of benzene rings is 2. The second kappa shape index (κ2) is 11.5. The van der Waals surface area contributed by atoms with Crippen LogP contribution in [0, 0.1) is 0 Å². The maximum absolute atomic E-state index is 12.8. The number of nitrogens with zero attached hydrogens (tertiary/aromatic N) is 3. The molecular formula is C25H26N4O6S2. The van der Waals surface area contributed by atoms with E-state index in [9.17, 15) is 13.2 Å². The highest BCUT2D eigenvalue weighted by Crippen LogP contribution is 2.31. The van der Waals surface area contributed by atoms with Gasteiger partial charge in [0.05, 0.1) is 39.8 Å². The van der Waals surface area contributed by atoms with Crippen molar-refractivity contribution >= 4 is 27.3 Å². The van der Waals surface area contributed by atoms with Gasteiger partial charge in [-0.3, -0.25) is 0 Å². The van der Waals surface area contributed by atoms with Crippen molar-refractivity contribution < 1.29 is 27.4 Å². The van der Waals surface area contributed by atoms with E-state index in [1.165, 1.54) is 36.4 Å². The summed E-state index contributed by atoms with van der Waals surface area (Å²) in [6.07, 6.45) is 1.77. The molecule has 0 amide bonds. The highest BCUT2D eigenvalue weighted by molar-refractivity contribution is 7.91. The van der Waals surface area contributed by atoms with E-state index >= 15 is 0 Å². The summed E-state index contributed by atoms with van der Waals surface area (Å²) in [5.41, 5.74) is 2.09. The van der Waals surface area contributed by atoms with E-state index in [-0.39, 0.29) is 17.2 Å². The van der Waals surface area contributed by atoms with Gasteiger partial charge in [-0.1, -0.05) is 41.6 Å². The predicted octanol–water partition coefficient (Wildman–Crippen LogP) is 3.46. The molecule has 2 aromatic carbocycles. The summed E-state index contributed by atoms with van der Waals surface area (Å²) in [6.45, 7) is -0.0921. The van der Waals surface area contributed by atoms with Crippen LogP contribution in [0.1, 0.15) is 17.3 Å². The number of nitrogens with one attached hydrogen (secondary N) is 1. The molecule has 12 heteroatoms. The molecule has 0 aliphatic rings. The number of hydrogen-bond acceptors (Lipinski definition) is 9. The average molecular weight is 543 g/mol. The quantitative estimate of drug-likeness (QED) is 0.286. The summed E-state index contributed by atoms with van der Waals surface area (Å²) in [6, 6.07) is 17.4. The van der Waals surface area contributed by atoms with Crippen molar-refractivity contribution in [2.75, 3.05) is 21.3 Å². The summed E-state index contributed by atoms with van der Waals surface area (Å²) in [7, 11) is 0.599. The van der Waals surface area contributed by atoms with E-state index < -0.39 is 22.0 Å². The fraction of sp³-hybridized carbons (Fsp3) is 0.240. The Bertz CT molecular complexity index is 1470. The Labute approximate surface area is 218 Å². The lowest BCUT2D eigenvalue weighted by Crippen LogP contribution is -2.24. The number of carbonyl (C=O) groups is 1. The number of sulfonamides is 1. The van der Waals surface area contributed by atoms with Gasteiger partial charge >= 0.3 is 5.97 Å². The van der Waals surface area contributed by atoms with E-state index in [2.05, 4.69) is 15.0 Å². The largest absolute Gasteiger partial charge is 0.493 e. The van der Waals surface area contributed by atoms with Gasteiger partial charge in [-0.15, -0.1) is 16.4 Å². The summed E-state index contributed by atoms with van der Waals surface area (Å²) in [5, 5.41) is 8.10. The third-order valence-electron chi connectivity index (χ3n) is 5.58. The van der Waals surface area contributed by atoms with E-state index in [0.717, 1.165) is 16.0 Å². The van der Waals surface area contributed by atoms with E-state index in [4.69, 9.17) is 14.2 Å². The van der Waals surface area contributed by atoms with Crippen LogP contribution in [0.25, 0.3) is 10.4 Å². The lowest BCUT2D eigenvalue weighted by atomic mass is 10.1. The van der Waals surface area contributed by atoms with E-state index in [0.29, 0.717) is 17.2 Å². The number of hydrogen-bond donors (Lipinski definition) is 1. The molecule has 194 valence electrons. The number of thiophene rings is 1. The Kier molecular flexibility index (Phi) is 8.21. The molecule has 0 unspecified atom stereocenters. The van der Waals surface area contributed by atoms with Crippen LogP contribution in [0.2, 0.25) is 0 Å². The second-order valence-electron chi connectivity index (χ2n) is 7.93. The zero-order chi connectivity index (χ0) is 26.4. The standard InChI is InChI=1S/C25H26N4O6S2/c1-33-21-10-9-17(14-22(21)34-2)13-20(25(30)35-3)29-16-19(27-28-29)15-26-37(31,32)24-12-11-23(36-24)18-7-5-4-6-8-18/h4-12,14,16,20,26H,13,15H2,1-3H3/t20-/m0/s1. The Morgan fingerprint density at radius 3 is 2.49 bits per heavy atom. The van der Waals surface area contributed by atoms with Gasteiger partial charge in [0.25, 0.3) is 0 Å². The predicted molar refractivity (Wildman–Crippen MR) is 138 cm³/mol. The molecule has 1 atom stereocenters. The molecule has 4 rings (SSSR count). The molecule has 0 radical (unpaired) electrons. The summed E-state index contributed by atoms with van der Waals surface area (Å²) in [5.74, 6) is 0.581. The molecule has 10 nitrogen and oxygen atoms in total. The molecule has 0 bridgehead atoms. The van der Waals surface area contributed by atoms with Crippen LogP contribution in [0.3, 0.4) is 0 Å². The fourth-order valence-corrected chi connectivity index (χ4v) is 6.02. The maximum atomic E-state index is 12.8. The van der Waals surface area contributed by atoms with Crippen molar-refractivity contribution in [3.05, 3.63) is 78.1 Å². The summed E-state index contributed by atoms with van der Waals surface area (Å²) >= 11 is 1.18. The van der Waals surface area contributed by atoms with Crippen LogP contribution in [0.4, 0.5) is 0 Å². The molecule has 0 saturated carbocycles. The third kappa shape index (κ3) is 6.16. The van der Waals surface area contributed by atoms with Crippen LogP contribution >= 0.6 is 11.3 Å². The number of methoxy groups -OCH3 is 3. The van der Waals surface area contributed by atoms with Crippen LogP contribution in [-0.2, 0) is 32.5 Å². The molecule has 0 aliphatic heterocycles. The van der Waals surface area contributed by atoms with Gasteiger partial charge in [-0.2, -0.15) is 0 Å². The molecule has 0 aliphatic carbocycles. The van der Waals surface area contributed by atoms with Gasteiger partial charge in [0, 0.05) is 11.3 Å².